The average Bonchev–Trinajstić information content (AvgIpc) is 3.52. The molecule has 33 heavy (non-hydrogen) atoms. The minimum Gasteiger partial charge on any atom is -0.377 e. The Kier molecular flexibility index (Phi) is 6.79. The molecule has 0 spiro atoms. The van der Waals surface area contributed by atoms with Gasteiger partial charge in [-0.2, -0.15) is 4.31 Å². The second-order valence-electron chi connectivity index (χ2n) is 8.90. The van der Waals surface area contributed by atoms with Crippen LogP contribution in [0.5, 0.6) is 0 Å². The fraction of sp³-hybridized carbons (Fsp3) is 0.480. The van der Waals surface area contributed by atoms with Crippen LogP contribution in [0.15, 0.2) is 52.3 Å². The van der Waals surface area contributed by atoms with Gasteiger partial charge in [0.1, 0.15) is 0 Å². The first-order valence-corrected chi connectivity index (χ1v) is 14.2. The molecule has 1 atom stereocenters. The predicted octanol–water partition coefficient (Wildman–Crippen LogP) is 4.34. The number of amides is 1. The maximum atomic E-state index is 13.5. The van der Waals surface area contributed by atoms with Gasteiger partial charge >= 0.3 is 0 Å². The van der Waals surface area contributed by atoms with Crippen LogP contribution in [0.4, 0.5) is 5.69 Å². The number of hydrogen-bond acceptors (Lipinski definition) is 5. The van der Waals surface area contributed by atoms with E-state index in [2.05, 4.69) is 0 Å². The summed E-state index contributed by atoms with van der Waals surface area (Å²) >= 11 is 1.68. The van der Waals surface area contributed by atoms with Crippen molar-refractivity contribution in [2.75, 3.05) is 36.9 Å². The van der Waals surface area contributed by atoms with E-state index in [1.165, 1.54) is 0 Å². The number of carbonyl (C=O) groups excluding carboxylic acids is 1. The second kappa shape index (κ2) is 9.78. The van der Waals surface area contributed by atoms with Crippen molar-refractivity contribution in [1.82, 2.24) is 4.31 Å². The van der Waals surface area contributed by atoms with E-state index in [4.69, 9.17) is 4.74 Å². The number of nitrogens with zero attached hydrogens (tertiary/aromatic N) is 2. The number of anilines is 1. The van der Waals surface area contributed by atoms with E-state index in [1.807, 2.05) is 24.3 Å². The minimum atomic E-state index is -3.48. The van der Waals surface area contributed by atoms with Gasteiger partial charge < -0.3 is 9.64 Å². The van der Waals surface area contributed by atoms with Gasteiger partial charge in [0.05, 0.1) is 16.6 Å². The molecule has 3 aliphatic heterocycles. The molecular weight excluding hydrogens is 456 g/mol. The van der Waals surface area contributed by atoms with E-state index < -0.39 is 10.0 Å². The summed E-state index contributed by atoms with van der Waals surface area (Å²) in [5.74, 6) is 0.814. The number of carbonyl (C=O) groups is 1. The molecule has 0 aliphatic carbocycles. The lowest BCUT2D eigenvalue weighted by atomic mass is 10.1. The van der Waals surface area contributed by atoms with E-state index in [9.17, 15) is 13.2 Å². The average molecular weight is 487 g/mol. The number of fused-ring (bicyclic) bond motifs is 1. The normalized spacial score (nSPS) is 21.3. The summed E-state index contributed by atoms with van der Waals surface area (Å²) in [6.07, 6.45) is 6.01. The van der Waals surface area contributed by atoms with Crippen molar-refractivity contribution in [2.45, 2.75) is 54.4 Å². The van der Waals surface area contributed by atoms with E-state index >= 15 is 0 Å². The molecule has 5 rings (SSSR count). The molecule has 1 amide bonds. The molecule has 0 saturated carbocycles. The molecule has 0 bridgehead atoms. The maximum absolute atomic E-state index is 13.5. The van der Waals surface area contributed by atoms with Gasteiger partial charge in [-0.25, -0.2) is 8.42 Å². The Morgan fingerprint density at radius 2 is 1.85 bits per heavy atom. The Labute approximate surface area is 200 Å². The topological polar surface area (TPSA) is 66.9 Å². The summed E-state index contributed by atoms with van der Waals surface area (Å²) in [6, 6.07) is 13.0. The number of ether oxygens (including phenoxy) is 1. The minimum absolute atomic E-state index is 0.0316. The van der Waals surface area contributed by atoms with Crippen molar-refractivity contribution in [3.05, 3.63) is 53.6 Å². The molecule has 3 heterocycles. The lowest BCUT2D eigenvalue weighted by molar-refractivity contribution is 0.0986. The van der Waals surface area contributed by atoms with Gasteiger partial charge in [0.15, 0.2) is 0 Å². The zero-order valence-electron chi connectivity index (χ0n) is 18.7. The summed E-state index contributed by atoms with van der Waals surface area (Å²) in [4.78, 5) is 16.6. The standard InChI is InChI=1S/C25H30N2O4S2/c28-25(22-8-2-3-9-24(22)32-18-20-7-6-16-31-20)27-15-12-19-17-21(10-11-23(19)27)33(29,30)26-13-4-1-5-14-26/h2-3,8-11,17,20H,1,4-7,12-16,18H2. The summed E-state index contributed by atoms with van der Waals surface area (Å²) in [6.45, 7) is 2.56. The lowest BCUT2D eigenvalue weighted by Crippen LogP contribution is -2.35. The number of hydrogen-bond donors (Lipinski definition) is 0. The third-order valence-corrected chi connectivity index (χ3v) is 9.81. The van der Waals surface area contributed by atoms with Crippen molar-refractivity contribution < 1.29 is 17.9 Å². The molecule has 2 aromatic rings. The Morgan fingerprint density at radius 1 is 1.03 bits per heavy atom. The Balaban J connectivity index is 1.35. The van der Waals surface area contributed by atoms with Crippen molar-refractivity contribution in [1.29, 1.82) is 0 Å². The number of sulfonamides is 1. The summed E-state index contributed by atoms with van der Waals surface area (Å²) in [7, 11) is -3.48. The largest absolute Gasteiger partial charge is 0.377 e. The SMILES string of the molecule is O=C(c1ccccc1SCC1CCCO1)N1CCc2cc(S(=O)(=O)N3CCCCC3)ccc21. The maximum Gasteiger partial charge on any atom is 0.259 e. The van der Waals surface area contributed by atoms with Crippen LogP contribution >= 0.6 is 11.8 Å². The number of piperidine rings is 1. The molecule has 0 N–H and O–H groups in total. The predicted molar refractivity (Wildman–Crippen MR) is 131 cm³/mol. The highest BCUT2D eigenvalue weighted by Crippen LogP contribution is 2.34. The van der Waals surface area contributed by atoms with Gasteiger partial charge in [-0.15, -0.1) is 11.8 Å². The van der Waals surface area contributed by atoms with Crippen LogP contribution in [0.25, 0.3) is 0 Å². The highest BCUT2D eigenvalue weighted by Gasteiger charge is 2.31. The zero-order valence-corrected chi connectivity index (χ0v) is 20.4. The Morgan fingerprint density at radius 3 is 2.64 bits per heavy atom. The number of benzene rings is 2. The third-order valence-electron chi connectivity index (χ3n) is 6.71. The number of thioether (sulfide) groups is 1. The first kappa shape index (κ1) is 22.9. The second-order valence-corrected chi connectivity index (χ2v) is 11.9. The van der Waals surface area contributed by atoms with Crippen molar-refractivity contribution in [3.8, 4) is 0 Å². The van der Waals surface area contributed by atoms with Crippen LogP contribution in [0.2, 0.25) is 0 Å². The van der Waals surface area contributed by atoms with Gasteiger partial charge in [0.2, 0.25) is 10.0 Å². The van der Waals surface area contributed by atoms with Gasteiger partial charge in [0, 0.05) is 42.6 Å². The molecule has 0 radical (unpaired) electrons. The third kappa shape index (κ3) is 4.71. The molecule has 2 saturated heterocycles. The van der Waals surface area contributed by atoms with Gasteiger partial charge in [-0.3, -0.25) is 4.79 Å². The van der Waals surface area contributed by atoms with Crippen LogP contribution in [-0.2, 0) is 21.2 Å². The highest BCUT2D eigenvalue weighted by atomic mass is 32.2. The zero-order chi connectivity index (χ0) is 22.8. The summed E-state index contributed by atoms with van der Waals surface area (Å²) in [5.41, 5.74) is 2.43. The molecule has 2 aromatic carbocycles. The smallest absolute Gasteiger partial charge is 0.259 e. The summed E-state index contributed by atoms with van der Waals surface area (Å²) in [5, 5.41) is 0. The highest BCUT2D eigenvalue weighted by molar-refractivity contribution is 7.99. The molecule has 176 valence electrons. The van der Waals surface area contributed by atoms with Crippen LogP contribution < -0.4 is 4.90 Å². The van der Waals surface area contributed by atoms with Crippen LogP contribution in [0.1, 0.15) is 48.0 Å². The lowest BCUT2D eigenvalue weighted by Gasteiger charge is -2.26. The van der Waals surface area contributed by atoms with Crippen molar-refractivity contribution in [3.63, 3.8) is 0 Å². The van der Waals surface area contributed by atoms with E-state index in [-0.39, 0.29) is 12.0 Å². The molecule has 2 fully saturated rings. The first-order chi connectivity index (χ1) is 16.0. The van der Waals surface area contributed by atoms with E-state index in [0.29, 0.717) is 36.5 Å². The summed E-state index contributed by atoms with van der Waals surface area (Å²) < 4.78 is 33.5. The molecular formula is C25H30N2O4S2. The Hall–Kier alpha value is -1.87. The van der Waals surface area contributed by atoms with Crippen molar-refractivity contribution >= 4 is 33.4 Å². The van der Waals surface area contributed by atoms with E-state index in [0.717, 1.165) is 60.6 Å². The van der Waals surface area contributed by atoms with Gasteiger partial charge in [-0.05, 0) is 68.0 Å². The van der Waals surface area contributed by atoms with Gasteiger partial charge in [-0.1, -0.05) is 18.6 Å². The number of rotatable bonds is 6. The van der Waals surface area contributed by atoms with Crippen LogP contribution in [0.3, 0.4) is 0 Å². The monoisotopic (exact) mass is 486 g/mol. The first-order valence-electron chi connectivity index (χ1n) is 11.8. The van der Waals surface area contributed by atoms with Crippen LogP contribution in [0, 0.1) is 0 Å². The fourth-order valence-corrected chi connectivity index (χ4v) is 7.56. The molecule has 1 unspecified atom stereocenters. The van der Waals surface area contributed by atoms with Crippen molar-refractivity contribution in [2.24, 2.45) is 0 Å². The molecule has 3 aliphatic rings. The fourth-order valence-electron chi connectivity index (χ4n) is 4.88. The Bertz CT molecular complexity index is 1120. The van der Waals surface area contributed by atoms with E-state index in [1.54, 1.807) is 39.2 Å². The molecule has 8 heteroatoms. The molecule has 6 nitrogen and oxygen atoms in total. The molecule has 0 aromatic heterocycles. The van der Waals surface area contributed by atoms with Gasteiger partial charge in [0.25, 0.3) is 5.91 Å². The quantitative estimate of drug-likeness (QED) is 0.569. The van der Waals surface area contributed by atoms with Crippen LogP contribution in [-0.4, -0.2) is 56.7 Å².